The first-order chi connectivity index (χ1) is 6.75. The third-order valence-corrected chi connectivity index (χ3v) is 4.10. The van der Waals surface area contributed by atoms with Crippen LogP contribution < -0.4 is 5.32 Å². The molecule has 0 bridgehead atoms. The zero-order valence-corrected chi connectivity index (χ0v) is 9.63. The maximum Gasteiger partial charge on any atom is 0.0209 e. The first kappa shape index (κ1) is 10.4. The lowest BCUT2D eigenvalue weighted by Crippen LogP contribution is -2.33. The maximum absolute atomic E-state index is 3.70. The second-order valence-electron chi connectivity index (χ2n) is 5.26. The zero-order valence-electron chi connectivity index (χ0n) is 9.63. The average molecular weight is 196 g/mol. The lowest BCUT2D eigenvalue weighted by atomic mass is 9.83. The Labute approximate surface area is 88.1 Å². The van der Waals surface area contributed by atoms with Crippen molar-refractivity contribution >= 4 is 0 Å². The average Bonchev–Trinajstić information content (AvgIpc) is 2.37. The first-order valence-electron chi connectivity index (χ1n) is 6.19. The Kier molecular flexibility index (Phi) is 3.45. The van der Waals surface area contributed by atoms with Crippen LogP contribution in [0, 0.1) is 5.92 Å². The Bertz CT molecular complexity index is 167. The molecule has 2 atom stereocenters. The lowest BCUT2D eigenvalue weighted by Gasteiger charge is -2.26. The van der Waals surface area contributed by atoms with Gasteiger partial charge in [0.05, 0.1) is 0 Å². The molecule has 0 amide bonds. The number of hydrogen-bond acceptors (Lipinski definition) is 2. The number of rotatable bonds is 4. The Hall–Kier alpha value is -0.0800. The number of likely N-dealkylation sites (tertiary alicyclic amines) is 1. The van der Waals surface area contributed by atoms with Crippen molar-refractivity contribution in [1.29, 1.82) is 0 Å². The van der Waals surface area contributed by atoms with Gasteiger partial charge in [-0.05, 0) is 39.3 Å². The van der Waals surface area contributed by atoms with E-state index in [2.05, 4.69) is 24.2 Å². The largest absolute Gasteiger partial charge is 0.313 e. The Morgan fingerprint density at radius 2 is 2.14 bits per heavy atom. The van der Waals surface area contributed by atoms with Crippen molar-refractivity contribution in [3.63, 3.8) is 0 Å². The van der Waals surface area contributed by atoms with Crippen molar-refractivity contribution in [3.8, 4) is 0 Å². The monoisotopic (exact) mass is 196 g/mol. The smallest absolute Gasteiger partial charge is 0.0209 e. The van der Waals surface area contributed by atoms with Gasteiger partial charge in [-0.15, -0.1) is 0 Å². The van der Waals surface area contributed by atoms with Crippen molar-refractivity contribution in [2.24, 2.45) is 5.92 Å². The van der Waals surface area contributed by atoms with E-state index in [0.717, 1.165) is 18.0 Å². The number of hydrogen-bond donors (Lipinski definition) is 1. The molecule has 1 saturated carbocycles. The summed E-state index contributed by atoms with van der Waals surface area (Å²) in [6.45, 7) is 4.81. The normalized spacial score (nSPS) is 34.7. The second-order valence-corrected chi connectivity index (χ2v) is 5.26. The van der Waals surface area contributed by atoms with Crippen molar-refractivity contribution in [2.75, 3.05) is 20.1 Å². The molecule has 0 aromatic rings. The summed E-state index contributed by atoms with van der Waals surface area (Å²) in [7, 11) is 2.23. The summed E-state index contributed by atoms with van der Waals surface area (Å²) < 4.78 is 0. The van der Waals surface area contributed by atoms with Gasteiger partial charge in [-0.2, -0.15) is 0 Å². The van der Waals surface area contributed by atoms with Gasteiger partial charge >= 0.3 is 0 Å². The molecule has 0 radical (unpaired) electrons. The molecule has 1 aliphatic carbocycles. The third-order valence-electron chi connectivity index (χ3n) is 4.10. The molecule has 2 nitrogen and oxygen atoms in total. The molecule has 0 spiro atoms. The summed E-state index contributed by atoms with van der Waals surface area (Å²) in [5.41, 5.74) is 0. The molecule has 2 rings (SSSR count). The van der Waals surface area contributed by atoms with E-state index >= 15 is 0 Å². The topological polar surface area (TPSA) is 15.3 Å². The third kappa shape index (κ3) is 2.48. The van der Waals surface area contributed by atoms with E-state index in [4.69, 9.17) is 0 Å². The summed E-state index contributed by atoms with van der Waals surface area (Å²) in [5.74, 6) is 1.05. The minimum atomic E-state index is 0.759. The molecule has 2 unspecified atom stereocenters. The molecule has 2 aliphatic rings. The quantitative estimate of drug-likeness (QED) is 0.738. The molecule has 0 aromatic heterocycles. The highest BCUT2D eigenvalue weighted by molar-refractivity contribution is 4.85. The van der Waals surface area contributed by atoms with E-state index in [0.29, 0.717) is 0 Å². The maximum atomic E-state index is 3.70. The number of nitrogens with zero attached hydrogens (tertiary/aromatic N) is 1. The summed E-state index contributed by atoms with van der Waals surface area (Å²) in [6, 6.07) is 1.53. The van der Waals surface area contributed by atoms with Gasteiger partial charge in [0.1, 0.15) is 0 Å². The van der Waals surface area contributed by atoms with Crippen LogP contribution in [0.3, 0.4) is 0 Å². The highest BCUT2D eigenvalue weighted by Crippen LogP contribution is 2.28. The molecule has 14 heavy (non-hydrogen) atoms. The van der Waals surface area contributed by atoms with Crippen LogP contribution in [0.1, 0.15) is 39.0 Å². The predicted octanol–water partition coefficient (Wildman–Crippen LogP) is 1.86. The van der Waals surface area contributed by atoms with E-state index in [1.165, 1.54) is 45.2 Å². The fourth-order valence-electron chi connectivity index (χ4n) is 2.61. The van der Waals surface area contributed by atoms with Crippen LogP contribution >= 0.6 is 0 Å². The zero-order chi connectivity index (χ0) is 9.97. The first-order valence-corrected chi connectivity index (χ1v) is 6.19. The highest BCUT2D eigenvalue weighted by Gasteiger charge is 2.25. The van der Waals surface area contributed by atoms with Crippen LogP contribution in [-0.4, -0.2) is 37.1 Å². The van der Waals surface area contributed by atoms with Crippen LogP contribution in [0.2, 0.25) is 0 Å². The fraction of sp³-hybridized carbons (Fsp3) is 1.00. The van der Waals surface area contributed by atoms with E-state index < -0.39 is 0 Å². The van der Waals surface area contributed by atoms with Crippen LogP contribution in [0.15, 0.2) is 0 Å². The molecule has 82 valence electrons. The van der Waals surface area contributed by atoms with E-state index in [1.807, 2.05) is 0 Å². The van der Waals surface area contributed by atoms with Gasteiger partial charge in [-0.25, -0.2) is 0 Å². The summed E-state index contributed by atoms with van der Waals surface area (Å²) >= 11 is 0. The number of nitrogens with one attached hydrogen (secondary N) is 1. The van der Waals surface area contributed by atoms with Crippen molar-refractivity contribution < 1.29 is 0 Å². The molecular formula is C12H24N2. The van der Waals surface area contributed by atoms with E-state index in [1.54, 1.807) is 0 Å². The summed E-state index contributed by atoms with van der Waals surface area (Å²) in [4.78, 5) is 2.46. The predicted molar refractivity (Wildman–Crippen MR) is 60.5 cm³/mol. The molecule has 1 saturated heterocycles. The van der Waals surface area contributed by atoms with Crippen LogP contribution in [0.5, 0.6) is 0 Å². The van der Waals surface area contributed by atoms with Gasteiger partial charge in [0, 0.05) is 18.6 Å². The standard InChI is InChI=1S/C12H24N2/c1-10-8-12(9-14(10)2)13-7-6-11-4-3-5-11/h10-13H,3-9H2,1-2H3. The van der Waals surface area contributed by atoms with Crippen molar-refractivity contribution in [1.82, 2.24) is 10.2 Å². The molecule has 2 heteroatoms. The van der Waals surface area contributed by atoms with Gasteiger partial charge < -0.3 is 10.2 Å². The molecule has 2 fully saturated rings. The molecule has 1 heterocycles. The molecule has 0 aromatic carbocycles. The molecule has 1 aliphatic heterocycles. The second kappa shape index (κ2) is 4.63. The van der Waals surface area contributed by atoms with E-state index in [-0.39, 0.29) is 0 Å². The van der Waals surface area contributed by atoms with Gasteiger partial charge in [0.25, 0.3) is 0 Å². The van der Waals surface area contributed by atoms with Crippen LogP contribution in [0.4, 0.5) is 0 Å². The van der Waals surface area contributed by atoms with Gasteiger partial charge in [-0.1, -0.05) is 19.3 Å². The highest BCUT2D eigenvalue weighted by atomic mass is 15.2. The Morgan fingerprint density at radius 3 is 2.64 bits per heavy atom. The van der Waals surface area contributed by atoms with E-state index in [9.17, 15) is 0 Å². The molecule has 1 N–H and O–H groups in total. The lowest BCUT2D eigenvalue weighted by molar-refractivity contribution is 0.286. The Balaban J connectivity index is 1.57. The van der Waals surface area contributed by atoms with Crippen LogP contribution in [-0.2, 0) is 0 Å². The fourth-order valence-corrected chi connectivity index (χ4v) is 2.61. The van der Waals surface area contributed by atoms with Crippen LogP contribution in [0.25, 0.3) is 0 Å². The van der Waals surface area contributed by atoms with Crippen molar-refractivity contribution in [3.05, 3.63) is 0 Å². The van der Waals surface area contributed by atoms with Gasteiger partial charge in [0.15, 0.2) is 0 Å². The van der Waals surface area contributed by atoms with Crippen molar-refractivity contribution in [2.45, 2.75) is 51.1 Å². The number of likely N-dealkylation sites (N-methyl/N-ethyl adjacent to an activating group) is 1. The summed E-state index contributed by atoms with van der Waals surface area (Å²) in [6.07, 6.45) is 7.20. The summed E-state index contributed by atoms with van der Waals surface area (Å²) in [5, 5.41) is 3.70. The van der Waals surface area contributed by atoms with Gasteiger partial charge in [0.2, 0.25) is 0 Å². The van der Waals surface area contributed by atoms with Gasteiger partial charge in [-0.3, -0.25) is 0 Å². The minimum Gasteiger partial charge on any atom is -0.313 e. The minimum absolute atomic E-state index is 0.759. The SMILES string of the molecule is CC1CC(NCCC2CCC2)CN1C. The molecular weight excluding hydrogens is 172 g/mol. The Morgan fingerprint density at radius 1 is 1.36 bits per heavy atom.